The SMILES string of the molecule is CN=C(NCCN1C(=O)CNC1=O)NCc1ccc(C)cc1. The van der Waals surface area contributed by atoms with Crippen LogP contribution in [0.4, 0.5) is 4.79 Å². The van der Waals surface area contributed by atoms with Crippen molar-refractivity contribution in [1.82, 2.24) is 20.9 Å². The van der Waals surface area contributed by atoms with E-state index >= 15 is 0 Å². The van der Waals surface area contributed by atoms with Crippen LogP contribution in [0.5, 0.6) is 0 Å². The van der Waals surface area contributed by atoms with Crippen LogP contribution in [-0.2, 0) is 11.3 Å². The van der Waals surface area contributed by atoms with Gasteiger partial charge in [0.1, 0.15) is 0 Å². The number of imide groups is 1. The molecule has 1 saturated heterocycles. The van der Waals surface area contributed by atoms with Gasteiger partial charge in [-0.1, -0.05) is 29.8 Å². The zero-order chi connectivity index (χ0) is 15.9. The highest BCUT2D eigenvalue weighted by molar-refractivity contribution is 6.01. The zero-order valence-electron chi connectivity index (χ0n) is 12.8. The molecule has 1 aromatic rings. The molecule has 0 atom stereocenters. The molecule has 1 fully saturated rings. The molecule has 118 valence electrons. The normalized spacial score (nSPS) is 15.0. The first-order valence-corrected chi connectivity index (χ1v) is 7.18. The van der Waals surface area contributed by atoms with E-state index in [0.717, 1.165) is 5.56 Å². The van der Waals surface area contributed by atoms with Gasteiger partial charge in [-0.05, 0) is 12.5 Å². The third kappa shape index (κ3) is 4.21. The van der Waals surface area contributed by atoms with Crippen molar-refractivity contribution in [3.8, 4) is 0 Å². The maximum absolute atomic E-state index is 11.4. The second kappa shape index (κ2) is 7.44. The lowest BCUT2D eigenvalue weighted by Crippen LogP contribution is -2.43. The van der Waals surface area contributed by atoms with Crippen molar-refractivity contribution in [1.29, 1.82) is 0 Å². The molecule has 1 aromatic carbocycles. The Morgan fingerprint density at radius 1 is 1.27 bits per heavy atom. The van der Waals surface area contributed by atoms with Gasteiger partial charge in [-0.2, -0.15) is 0 Å². The standard InChI is InChI=1S/C15H21N5O2/c1-11-3-5-12(6-4-11)9-18-14(16-2)17-7-8-20-13(21)10-19-15(20)22/h3-6H,7-10H2,1-2H3,(H,19,22)(H2,16,17,18). The molecule has 22 heavy (non-hydrogen) atoms. The van der Waals surface area contributed by atoms with Gasteiger partial charge in [-0.3, -0.25) is 14.7 Å². The first-order chi connectivity index (χ1) is 10.6. The summed E-state index contributed by atoms with van der Waals surface area (Å²) in [6.45, 7) is 3.55. The topological polar surface area (TPSA) is 85.8 Å². The number of rotatable bonds is 5. The maximum atomic E-state index is 11.4. The molecule has 0 bridgehead atoms. The van der Waals surface area contributed by atoms with Crippen LogP contribution in [0.15, 0.2) is 29.3 Å². The molecule has 0 aliphatic carbocycles. The average molecular weight is 303 g/mol. The monoisotopic (exact) mass is 303 g/mol. The minimum absolute atomic E-state index is 0.0826. The molecular formula is C15H21N5O2. The Balaban J connectivity index is 1.74. The zero-order valence-corrected chi connectivity index (χ0v) is 12.8. The molecule has 0 aromatic heterocycles. The van der Waals surface area contributed by atoms with Gasteiger partial charge in [-0.15, -0.1) is 0 Å². The van der Waals surface area contributed by atoms with Crippen molar-refractivity contribution in [2.45, 2.75) is 13.5 Å². The molecule has 0 spiro atoms. The number of guanidine groups is 1. The molecule has 3 amide bonds. The number of nitrogens with zero attached hydrogens (tertiary/aromatic N) is 2. The van der Waals surface area contributed by atoms with Crippen molar-refractivity contribution in [2.75, 3.05) is 26.7 Å². The van der Waals surface area contributed by atoms with Crippen molar-refractivity contribution in [3.63, 3.8) is 0 Å². The Hall–Kier alpha value is -2.57. The second-order valence-electron chi connectivity index (χ2n) is 5.04. The molecule has 1 aliphatic heterocycles. The van der Waals surface area contributed by atoms with Crippen LogP contribution in [0, 0.1) is 6.92 Å². The van der Waals surface area contributed by atoms with Crippen LogP contribution < -0.4 is 16.0 Å². The van der Waals surface area contributed by atoms with Gasteiger partial charge >= 0.3 is 6.03 Å². The molecule has 3 N–H and O–H groups in total. The van der Waals surface area contributed by atoms with Gasteiger partial charge in [0.2, 0.25) is 5.91 Å². The molecule has 0 saturated carbocycles. The molecule has 1 heterocycles. The number of aliphatic imine (C=N–C) groups is 1. The molecule has 0 unspecified atom stereocenters. The van der Waals surface area contributed by atoms with Crippen molar-refractivity contribution < 1.29 is 9.59 Å². The third-order valence-corrected chi connectivity index (χ3v) is 3.37. The van der Waals surface area contributed by atoms with E-state index in [1.54, 1.807) is 7.05 Å². The van der Waals surface area contributed by atoms with Gasteiger partial charge in [0, 0.05) is 26.7 Å². The van der Waals surface area contributed by atoms with Crippen LogP contribution in [0.25, 0.3) is 0 Å². The lowest BCUT2D eigenvalue weighted by Gasteiger charge is -2.15. The predicted octanol–water partition coefficient (Wildman–Crippen LogP) is 0.212. The fourth-order valence-electron chi connectivity index (χ4n) is 2.08. The van der Waals surface area contributed by atoms with Gasteiger partial charge < -0.3 is 16.0 Å². The Morgan fingerprint density at radius 3 is 2.59 bits per heavy atom. The summed E-state index contributed by atoms with van der Waals surface area (Å²) >= 11 is 0. The fraction of sp³-hybridized carbons (Fsp3) is 0.400. The average Bonchev–Trinajstić information content (AvgIpc) is 2.84. The van der Waals surface area contributed by atoms with E-state index in [1.807, 2.05) is 6.92 Å². The fourth-order valence-corrected chi connectivity index (χ4v) is 2.08. The minimum atomic E-state index is -0.339. The van der Waals surface area contributed by atoms with E-state index < -0.39 is 0 Å². The molecule has 1 aliphatic rings. The smallest absolute Gasteiger partial charge is 0.324 e. The molecule has 2 rings (SSSR count). The van der Waals surface area contributed by atoms with Crippen LogP contribution >= 0.6 is 0 Å². The first kappa shape index (κ1) is 15.8. The number of aryl methyl sites for hydroxylation is 1. The van der Waals surface area contributed by atoms with E-state index in [9.17, 15) is 9.59 Å². The van der Waals surface area contributed by atoms with Crippen LogP contribution in [0.1, 0.15) is 11.1 Å². The number of carbonyl (C=O) groups is 2. The summed E-state index contributed by atoms with van der Waals surface area (Å²) in [5, 5.41) is 8.76. The Labute approximate surface area is 129 Å². The number of benzene rings is 1. The quantitative estimate of drug-likeness (QED) is 0.412. The number of urea groups is 1. The molecule has 7 nitrogen and oxygen atoms in total. The molecular weight excluding hydrogens is 282 g/mol. The Morgan fingerprint density at radius 2 is 2.00 bits per heavy atom. The summed E-state index contributed by atoms with van der Waals surface area (Å²) in [6, 6.07) is 7.90. The summed E-state index contributed by atoms with van der Waals surface area (Å²) in [7, 11) is 1.68. The lowest BCUT2D eigenvalue weighted by atomic mass is 10.1. The van der Waals surface area contributed by atoms with E-state index in [0.29, 0.717) is 25.6 Å². The Kier molecular flexibility index (Phi) is 5.35. The summed E-state index contributed by atoms with van der Waals surface area (Å²) in [6.07, 6.45) is 0. The lowest BCUT2D eigenvalue weighted by molar-refractivity contribution is -0.124. The maximum Gasteiger partial charge on any atom is 0.324 e. The van der Waals surface area contributed by atoms with Crippen LogP contribution in [0.3, 0.4) is 0 Å². The number of amides is 3. The van der Waals surface area contributed by atoms with E-state index in [-0.39, 0.29) is 18.5 Å². The number of hydrogen-bond donors (Lipinski definition) is 3. The van der Waals surface area contributed by atoms with E-state index in [2.05, 4.69) is 45.2 Å². The molecule has 0 radical (unpaired) electrons. The van der Waals surface area contributed by atoms with Gasteiger partial charge in [-0.25, -0.2) is 4.79 Å². The van der Waals surface area contributed by atoms with Gasteiger partial charge in [0.05, 0.1) is 6.54 Å². The van der Waals surface area contributed by atoms with Crippen molar-refractivity contribution in [3.05, 3.63) is 35.4 Å². The van der Waals surface area contributed by atoms with Crippen molar-refractivity contribution >= 4 is 17.9 Å². The summed E-state index contributed by atoms with van der Waals surface area (Å²) < 4.78 is 0. The van der Waals surface area contributed by atoms with E-state index in [4.69, 9.17) is 0 Å². The van der Waals surface area contributed by atoms with Crippen LogP contribution in [-0.4, -0.2) is 49.5 Å². The highest BCUT2D eigenvalue weighted by Crippen LogP contribution is 2.02. The highest BCUT2D eigenvalue weighted by Gasteiger charge is 2.27. The summed E-state index contributed by atoms with van der Waals surface area (Å²) in [5.74, 6) is 0.432. The number of carbonyl (C=O) groups excluding carboxylic acids is 2. The largest absolute Gasteiger partial charge is 0.355 e. The second-order valence-corrected chi connectivity index (χ2v) is 5.04. The van der Waals surface area contributed by atoms with Crippen molar-refractivity contribution in [2.24, 2.45) is 4.99 Å². The first-order valence-electron chi connectivity index (χ1n) is 7.18. The minimum Gasteiger partial charge on any atom is -0.355 e. The van der Waals surface area contributed by atoms with E-state index in [1.165, 1.54) is 10.5 Å². The third-order valence-electron chi connectivity index (χ3n) is 3.37. The number of hydrogen-bond acceptors (Lipinski definition) is 3. The molecule has 7 heteroatoms. The number of nitrogens with one attached hydrogen (secondary N) is 3. The van der Waals surface area contributed by atoms with Gasteiger partial charge in [0.15, 0.2) is 5.96 Å². The predicted molar refractivity (Wildman–Crippen MR) is 84.5 cm³/mol. The van der Waals surface area contributed by atoms with Gasteiger partial charge in [0.25, 0.3) is 0 Å². The summed E-state index contributed by atoms with van der Waals surface area (Å²) in [5.41, 5.74) is 2.38. The highest BCUT2D eigenvalue weighted by atomic mass is 16.2. The summed E-state index contributed by atoms with van der Waals surface area (Å²) in [4.78, 5) is 28.1. The van der Waals surface area contributed by atoms with Crippen LogP contribution in [0.2, 0.25) is 0 Å². The Bertz CT molecular complexity index is 552.